The van der Waals surface area contributed by atoms with E-state index in [9.17, 15) is 0 Å². The predicted molar refractivity (Wildman–Crippen MR) is 26.3 cm³/mol. The first-order valence-corrected chi connectivity index (χ1v) is 1.75. The number of aliphatic hydroxyl groups is 1. The zero-order valence-corrected chi connectivity index (χ0v) is 4.23. The van der Waals surface area contributed by atoms with Gasteiger partial charge in [0.2, 0.25) is 0 Å². The summed E-state index contributed by atoms with van der Waals surface area (Å²) in [6, 6.07) is 0. The normalized spacial score (nSPS) is 6.00. The molecule has 0 saturated heterocycles. The second-order valence-corrected chi connectivity index (χ2v) is 0.512. The molecule has 0 atom stereocenters. The summed E-state index contributed by atoms with van der Waals surface area (Å²) in [5.41, 5.74) is 4.50. The molecule has 0 aliphatic heterocycles. The minimum atomic E-state index is 0.0694. The van der Waals surface area contributed by atoms with Crippen LogP contribution in [0, 0.1) is 0 Å². The van der Waals surface area contributed by atoms with Gasteiger partial charge in [-0.25, -0.2) is 0 Å². The van der Waals surface area contributed by atoms with Gasteiger partial charge in [-0.15, -0.1) is 0 Å². The van der Waals surface area contributed by atoms with E-state index in [2.05, 4.69) is 11.1 Å². The highest BCUT2D eigenvalue weighted by Crippen LogP contribution is 1.24. The highest BCUT2D eigenvalue weighted by molar-refractivity contribution is 4.02. The Morgan fingerprint density at radius 3 is 1.83 bits per heavy atom. The lowest BCUT2D eigenvalue weighted by Gasteiger charge is -1.76. The molecule has 0 saturated carbocycles. The smallest absolute Gasteiger partial charge is 0.0929 e. The highest BCUT2D eigenvalue weighted by atomic mass is 16.3. The molecule has 0 radical (unpaired) electrons. The van der Waals surface area contributed by atoms with Crippen molar-refractivity contribution < 1.29 is 5.11 Å². The van der Waals surface area contributed by atoms with Crippen LogP contribution in [-0.2, 0) is 0 Å². The van der Waals surface area contributed by atoms with Crippen LogP contribution in [0.15, 0.2) is 0 Å². The van der Waals surface area contributed by atoms with Crippen molar-refractivity contribution >= 4 is 0 Å². The van der Waals surface area contributed by atoms with Crippen LogP contribution in [0.4, 0.5) is 0 Å². The maximum absolute atomic E-state index is 7.76. The van der Waals surface area contributed by atoms with E-state index in [1.165, 1.54) is 7.05 Å². The van der Waals surface area contributed by atoms with Crippen molar-refractivity contribution in [2.75, 3.05) is 20.8 Å². The molecule has 0 aromatic heterocycles. The Morgan fingerprint density at radius 2 is 1.83 bits per heavy atom. The van der Waals surface area contributed by atoms with Crippen LogP contribution < -0.4 is 11.1 Å². The molecule has 0 spiro atoms. The van der Waals surface area contributed by atoms with Gasteiger partial charge in [0.1, 0.15) is 0 Å². The summed E-state index contributed by atoms with van der Waals surface area (Å²) < 4.78 is 0. The second kappa shape index (κ2) is 20.8. The number of hydrogen-bond acceptors (Lipinski definition) is 3. The van der Waals surface area contributed by atoms with Gasteiger partial charge < -0.3 is 10.8 Å². The summed E-state index contributed by atoms with van der Waals surface area (Å²) >= 11 is 0. The van der Waals surface area contributed by atoms with Gasteiger partial charge in [-0.05, 0) is 14.1 Å². The lowest BCUT2D eigenvalue weighted by molar-refractivity contribution is 0.273. The Morgan fingerprint density at radius 1 is 1.67 bits per heavy atom. The minimum absolute atomic E-state index is 0.0694. The molecule has 4 N–H and O–H groups in total. The lowest BCUT2D eigenvalue weighted by atomic mass is 11.2. The maximum atomic E-state index is 7.76. The number of nitrogens with one attached hydrogen (secondary N) is 1. The molecule has 0 unspecified atom stereocenters. The molecular formula is C3H12N2O. The van der Waals surface area contributed by atoms with E-state index in [4.69, 9.17) is 5.11 Å². The summed E-state index contributed by atoms with van der Waals surface area (Å²) in [7, 11) is 3.18. The van der Waals surface area contributed by atoms with Crippen LogP contribution >= 0.6 is 0 Å². The summed E-state index contributed by atoms with van der Waals surface area (Å²) in [5.74, 6) is 0. The fourth-order valence-electron chi connectivity index (χ4n) is 0. The highest BCUT2D eigenvalue weighted by Gasteiger charge is 1.50. The van der Waals surface area contributed by atoms with E-state index in [0.717, 1.165) is 0 Å². The fraction of sp³-hybridized carbons (Fsp3) is 1.00. The van der Waals surface area contributed by atoms with Crippen molar-refractivity contribution in [3.05, 3.63) is 0 Å². The van der Waals surface area contributed by atoms with Crippen LogP contribution in [0.5, 0.6) is 0 Å². The van der Waals surface area contributed by atoms with Crippen molar-refractivity contribution in [2.45, 2.75) is 0 Å². The third-order valence-corrected chi connectivity index (χ3v) is 0.158. The zero-order valence-electron chi connectivity index (χ0n) is 4.23. The maximum Gasteiger partial charge on any atom is 0.0929 e. The van der Waals surface area contributed by atoms with Crippen molar-refractivity contribution in [1.29, 1.82) is 0 Å². The summed E-state index contributed by atoms with van der Waals surface area (Å²) in [5, 5.41) is 10.2. The SMILES string of the molecule is CN.CNCO. The molecule has 6 heavy (non-hydrogen) atoms. The fourth-order valence-corrected chi connectivity index (χ4v) is 0. The van der Waals surface area contributed by atoms with Gasteiger partial charge in [-0.1, -0.05) is 0 Å². The summed E-state index contributed by atoms with van der Waals surface area (Å²) in [6.07, 6.45) is 0. The molecule has 0 aromatic rings. The number of nitrogens with two attached hydrogens (primary N) is 1. The Bertz CT molecular complexity index is 10.8. The van der Waals surface area contributed by atoms with Crippen LogP contribution in [0.25, 0.3) is 0 Å². The van der Waals surface area contributed by atoms with Gasteiger partial charge in [0, 0.05) is 0 Å². The first-order chi connectivity index (χ1) is 2.91. The van der Waals surface area contributed by atoms with Crippen LogP contribution in [0.3, 0.4) is 0 Å². The van der Waals surface area contributed by atoms with E-state index in [-0.39, 0.29) is 6.73 Å². The van der Waals surface area contributed by atoms with Gasteiger partial charge in [0.25, 0.3) is 0 Å². The summed E-state index contributed by atoms with van der Waals surface area (Å²) in [6.45, 7) is 0.0694. The van der Waals surface area contributed by atoms with Crippen molar-refractivity contribution in [3.8, 4) is 0 Å². The largest absolute Gasteiger partial charge is 0.381 e. The molecular weight excluding hydrogens is 80.0 g/mol. The number of aliphatic hydroxyl groups excluding tert-OH is 1. The van der Waals surface area contributed by atoms with Crippen molar-refractivity contribution in [2.24, 2.45) is 5.73 Å². The van der Waals surface area contributed by atoms with E-state index < -0.39 is 0 Å². The van der Waals surface area contributed by atoms with Gasteiger partial charge in [-0.3, -0.25) is 5.32 Å². The average Bonchev–Trinajstić information content (AvgIpc) is 1.72. The van der Waals surface area contributed by atoms with E-state index in [0.29, 0.717) is 0 Å². The molecule has 0 aliphatic carbocycles. The molecule has 0 aromatic carbocycles. The Balaban J connectivity index is 0. The topological polar surface area (TPSA) is 58.3 Å². The first kappa shape index (κ1) is 9.30. The van der Waals surface area contributed by atoms with Crippen LogP contribution in [0.1, 0.15) is 0 Å². The molecule has 0 bridgehead atoms. The first-order valence-electron chi connectivity index (χ1n) is 1.75. The van der Waals surface area contributed by atoms with E-state index >= 15 is 0 Å². The quantitative estimate of drug-likeness (QED) is 0.353. The van der Waals surface area contributed by atoms with Crippen LogP contribution in [-0.4, -0.2) is 25.9 Å². The van der Waals surface area contributed by atoms with Gasteiger partial charge in [-0.2, -0.15) is 0 Å². The average molecular weight is 92.1 g/mol. The monoisotopic (exact) mass is 92.1 g/mol. The van der Waals surface area contributed by atoms with Crippen molar-refractivity contribution in [3.63, 3.8) is 0 Å². The standard InChI is InChI=1S/C2H7NO.CH5N/c1-3-2-4;1-2/h3-4H,2H2,1H3;2H2,1H3. The van der Waals surface area contributed by atoms with Gasteiger partial charge >= 0.3 is 0 Å². The predicted octanol–water partition coefficient (Wildman–Crippen LogP) is -1.27. The second-order valence-electron chi connectivity index (χ2n) is 0.512. The molecule has 0 aliphatic rings. The number of rotatable bonds is 1. The van der Waals surface area contributed by atoms with E-state index in [1.807, 2.05) is 0 Å². The van der Waals surface area contributed by atoms with Gasteiger partial charge in [0.05, 0.1) is 6.73 Å². The van der Waals surface area contributed by atoms with Gasteiger partial charge in [0.15, 0.2) is 0 Å². The summed E-state index contributed by atoms with van der Waals surface area (Å²) in [4.78, 5) is 0. The molecule has 0 heterocycles. The molecule has 3 heteroatoms. The molecule has 0 amide bonds. The van der Waals surface area contributed by atoms with E-state index in [1.54, 1.807) is 7.05 Å². The van der Waals surface area contributed by atoms with Crippen molar-refractivity contribution in [1.82, 2.24) is 5.32 Å². The third kappa shape index (κ3) is 41.6. The lowest BCUT2D eigenvalue weighted by Crippen LogP contribution is -2.04. The molecule has 3 nitrogen and oxygen atoms in total. The Kier molecular flexibility index (Phi) is 32.2. The molecule has 40 valence electrons. The third-order valence-electron chi connectivity index (χ3n) is 0.158. The zero-order chi connectivity index (χ0) is 5.41. The van der Waals surface area contributed by atoms with Crippen LogP contribution in [0.2, 0.25) is 0 Å². The molecule has 0 fully saturated rings. The minimum Gasteiger partial charge on any atom is -0.381 e. The number of hydrogen-bond donors (Lipinski definition) is 3. The molecule has 0 rings (SSSR count). The Labute approximate surface area is 38.2 Å². The Hall–Kier alpha value is -0.120.